The average Bonchev–Trinajstić information content (AvgIpc) is 1.25. The minimum atomic E-state index is -1.75. The third-order valence-corrected chi connectivity index (χ3v) is 0. The molecular weight excluding hydrogens is 114 g/mol. The lowest BCUT2D eigenvalue weighted by Crippen LogP contribution is -2.43. The molecule has 0 amide bonds. The number of nitrogens with zero attached hydrogens (tertiary/aromatic N) is 1. The van der Waals surface area contributed by atoms with E-state index in [1.165, 1.54) is 0 Å². The fourth-order valence-corrected chi connectivity index (χ4v) is 0. The molecule has 6 heteroatoms. The van der Waals surface area contributed by atoms with Gasteiger partial charge in [0.2, 0.25) is 5.84 Å². The van der Waals surface area contributed by atoms with Crippen LogP contribution in [-0.4, -0.2) is 10.9 Å². The average molecular weight is 121 g/mol. The maximum absolute atomic E-state index is 8.25. The second-order valence-electron chi connectivity index (χ2n) is 0.968. The lowest BCUT2D eigenvalue weighted by atomic mass is 10.8. The number of nitrogens with two attached hydrogens (primary N) is 2. The van der Waals surface area contributed by atoms with Gasteiger partial charge in [-0.05, 0) is 0 Å². The van der Waals surface area contributed by atoms with Crippen molar-refractivity contribution < 1.29 is 10.5 Å². The van der Waals surface area contributed by atoms with Gasteiger partial charge in [-0.25, -0.2) is 0 Å². The van der Waals surface area contributed by atoms with Gasteiger partial charge in [0.25, 0.3) is 0 Å². The largest absolute Gasteiger partial charge is 0.356 e. The molecule has 0 aromatic rings. The van der Waals surface area contributed by atoms with Crippen LogP contribution in [0.1, 0.15) is 6.92 Å². The first kappa shape index (κ1) is 9.83. The van der Waals surface area contributed by atoms with Crippen LogP contribution in [0.2, 0.25) is 0 Å². The molecule has 8 heavy (non-hydrogen) atoms. The van der Waals surface area contributed by atoms with E-state index < -0.39 is 5.09 Å². The van der Waals surface area contributed by atoms with E-state index in [1.807, 2.05) is 0 Å². The molecule has 48 valence electrons. The van der Waals surface area contributed by atoms with E-state index in [1.54, 1.807) is 6.92 Å². The molecule has 0 aromatic heterocycles. The summed E-state index contributed by atoms with van der Waals surface area (Å²) in [5, 5.41) is 19.6. The minimum Gasteiger partial charge on any atom is -0.356 e. The third-order valence-electron chi connectivity index (χ3n) is 0. The zero-order valence-electron chi connectivity index (χ0n) is 4.33. The van der Waals surface area contributed by atoms with Crippen LogP contribution in [0.4, 0.5) is 0 Å². The summed E-state index contributed by atoms with van der Waals surface area (Å²) in [6.45, 7) is 1.64. The van der Waals surface area contributed by atoms with Crippen molar-refractivity contribution in [1.29, 1.82) is 0 Å². The Bertz CT molecular complexity index is 70.5. The summed E-state index contributed by atoms with van der Waals surface area (Å²) in [4.78, 5) is 8.25. The van der Waals surface area contributed by atoms with Gasteiger partial charge in [-0.15, -0.1) is 0 Å². The SMILES string of the molecule is CC(N)=[NH2+].O=[N+]([O-])[O-]. The minimum absolute atomic E-state index is 0.417. The van der Waals surface area contributed by atoms with Crippen LogP contribution < -0.4 is 11.1 Å². The molecule has 0 heterocycles. The van der Waals surface area contributed by atoms with E-state index in [-0.39, 0.29) is 0 Å². The highest BCUT2D eigenvalue weighted by Gasteiger charge is 1.64. The first-order valence-electron chi connectivity index (χ1n) is 1.63. The predicted molar refractivity (Wildman–Crippen MR) is 27.2 cm³/mol. The van der Waals surface area contributed by atoms with Crippen molar-refractivity contribution in [2.75, 3.05) is 0 Å². The van der Waals surface area contributed by atoms with Crippen LogP contribution in [0.25, 0.3) is 0 Å². The molecule has 0 aromatic carbocycles. The molecule has 0 unspecified atom stereocenters. The third kappa shape index (κ3) is 35.6. The summed E-state index contributed by atoms with van der Waals surface area (Å²) >= 11 is 0. The first-order chi connectivity index (χ1) is 3.46. The fraction of sp³-hybridized carbons (Fsp3) is 0.500. The smallest absolute Gasteiger partial charge is 0.235 e. The molecule has 0 saturated carbocycles. The van der Waals surface area contributed by atoms with Crippen LogP contribution in [-0.2, 0) is 0 Å². The van der Waals surface area contributed by atoms with Gasteiger partial charge in [-0.3, -0.25) is 11.1 Å². The van der Waals surface area contributed by atoms with Crippen LogP contribution in [0.5, 0.6) is 0 Å². The lowest BCUT2D eigenvalue weighted by Gasteiger charge is -1.74. The Kier molecular flexibility index (Phi) is 6.97. The maximum Gasteiger partial charge on any atom is 0.235 e. The lowest BCUT2D eigenvalue weighted by molar-refractivity contribution is -0.402. The zero-order chi connectivity index (χ0) is 7.15. The van der Waals surface area contributed by atoms with E-state index in [0.717, 1.165) is 0 Å². The Morgan fingerprint density at radius 1 is 1.75 bits per heavy atom. The fourth-order valence-electron chi connectivity index (χ4n) is 0. The summed E-state index contributed by atoms with van der Waals surface area (Å²) in [5.41, 5.74) is 4.81. The molecule has 0 aliphatic heterocycles. The van der Waals surface area contributed by atoms with E-state index in [9.17, 15) is 0 Å². The van der Waals surface area contributed by atoms with Gasteiger partial charge in [0.05, 0.1) is 5.09 Å². The highest BCUT2D eigenvalue weighted by molar-refractivity contribution is 5.70. The van der Waals surface area contributed by atoms with Crippen LogP contribution in [0.15, 0.2) is 0 Å². The van der Waals surface area contributed by atoms with Gasteiger partial charge < -0.3 is 15.3 Å². The van der Waals surface area contributed by atoms with Crippen molar-refractivity contribution in [2.24, 2.45) is 5.73 Å². The normalized spacial score (nSPS) is 6.12. The van der Waals surface area contributed by atoms with Gasteiger partial charge in [0.1, 0.15) is 0 Å². The number of rotatable bonds is 0. The molecule has 0 aliphatic rings. The molecule has 0 rings (SSSR count). The van der Waals surface area contributed by atoms with E-state index in [2.05, 4.69) is 0 Å². The highest BCUT2D eigenvalue weighted by atomic mass is 16.9. The first-order valence-corrected chi connectivity index (χ1v) is 1.63. The van der Waals surface area contributed by atoms with Crippen molar-refractivity contribution >= 4 is 5.84 Å². The van der Waals surface area contributed by atoms with Crippen molar-refractivity contribution in [1.82, 2.24) is 0 Å². The molecule has 6 nitrogen and oxygen atoms in total. The van der Waals surface area contributed by atoms with Gasteiger partial charge >= 0.3 is 0 Å². The Hall–Kier alpha value is -1.33. The molecule has 4 N–H and O–H groups in total. The predicted octanol–water partition coefficient (Wildman–Crippen LogP) is -2.12. The maximum atomic E-state index is 8.25. The molecule has 0 aliphatic carbocycles. The Balaban J connectivity index is 0. The monoisotopic (exact) mass is 121 g/mol. The summed E-state index contributed by atoms with van der Waals surface area (Å²) in [5.74, 6) is 0.417. The summed E-state index contributed by atoms with van der Waals surface area (Å²) in [6, 6.07) is 0. The standard InChI is InChI=1S/C2H6N2.NO3/c1-2(3)4;2-1(3)4/h1H3,(H3,3,4);/q;-1/p+1. The molecule has 0 atom stereocenters. The molecular formula is C2H7N3O3. The van der Waals surface area contributed by atoms with Gasteiger partial charge in [-0.1, -0.05) is 0 Å². The zero-order valence-corrected chi connectivity index (χ0v) is 4.33. The summed E-state index contributed by atoms with van der Waals surface area (Å²) in [7, 11) is 0. The molecule has 0 bridgehead atoms. The van der Waals surface area contributed by atoms with E-state index in [0.29, 0.717) is 5.84 Å². The quantitative estimate of drug-likeness (QED) is 0.165. The molecule has 0 spiro atoms. The molecule has 0 fully saturated rings. The van der Waals surface area contributed by atoms with Gasteiger partial charge in [0, 0.05) is 6.92 Å². The van der Waals surface area contributed by atoms with Crippen molar-refractivity contribution in [3.63, 3.8) is 0 Å². The van der Waals surface area contributed by atoms with E-state index in [4.69, 9.17) is 26.5 Å². The Morgan fingerprint density at radius 3 is 1.75 bits per heavy atom. The van der Waals surface area contributed by atoms with Crippen LogP contribution >= 0.6 is 0 Å². The highest BCUT2D eigenvalue weighted by Crippen LogP contribution is 1.44. The Morgan fingerprint density at radius 2 is 1.75 bits per heavy atom. The second-order valence-corrected chi connectivity index (χ2v) is 0.968. The number of hydrogen-bond acceptors (Lipinski definition) is 3. The second kappa shape index (κ2) is 5.67. The summed E-state index contributed by atoms with van der Waals surface area (Å²) in [6.07, 6.45) is 0. The number of amidine groups is 1. The van der Waals surface area contributed by atoms with Crippen LogP contribution in [0.3, 0.4) is 0 Å². The van der Waals surface area contributed by atoms with Gasteiger partial charge in [0.15, 0.2) is 0 Å². The topological polar surface area (TPSA) is 118 Å². The van der Waals surface area contributed by atoms with Crippen molar-refractivity contribution in [2.45, 2.75) is 6.92 Å². The van der Waals surface area contributed by atoms with Gasteiger partial charge in [-0.2, -0.15) is 0 Å². The van der Waals surface area contributed by atoms with Crippen LogP contribution in [0, 0.1) is 15.3 Å². The molecule has 0 saturated heterocycles. The Labute approximate surface area is 45.5 Å². The number of hydrogen-bond donors (Lipinski definition) is 2. The summed E-state index contributed by atoms with van der Waals surface area (Å²) < 4.78 is 0. The molecule has 0 radical (unpaired) electrons. The van der Waals surface area contributed by atoms with Crippen molar-refractivity contribution in [3.05, 3.63) is 15.3 Å². The van der Waals surface area contributed by atoms with E-state index >= 15 is 0 Å². The van der Waals surface area contributed by atoms with Crippen molar-refractivity contribution in [3.8, 4) is 0 Å².